The van der Waals surface area contributed by atoms with Gasteiger partial charge in [0.05, 0.1) is 19.3 Å². The summed E-state index contributed by atoms with van der Waals surface area (Å²) in [7, 11) is 1.56. The van der Waals surface area contributed by atoms with E-state index in [-0.39, 0.29) is 18.1 Å². The van der Waals surface area contributed by atoms with Crippen LogP contribution in [0.2, 0.25) is 0 Å². The number of methoxy groups -OCH3 is 1. The third kappa shape index (κ3) is 5.14. The zero-order valence-electron chi connectivity index (χ0n) is 13.8. The van der Waals surface area contributed by atoms with Crippen LogP contribution in [0.1, 0.15) is 24.2 Å². The lowest BCUT2D eigenvalue weighted by atomic mass is 10.2. The molecule has 134 valence electrons. The van der Waals surface area contributed by atoms with Crippen LogP contribution in [0.4, 0.5) is 0 Å². The fourth-order valence-electron chi connectivity index (χ4n) is 2.76. The number of rotatable bonds is 4. The number of amides is 1. The number of hydrogen-bond donors (Lipinski definition) is 1. The molecule has 1 aliphatic heterocycles. The van der Waals surface area contributed by atoms with Gasteiger partial charge >= 0.3 is 0 Å². The Morgan fingerprint density at radius 1 is 1.25 bits per heavy atom. The van der Waals surface area contributed by atoms with Crippen LogP contribution < -0.4 is 10.1 Å². The molecule has 0 aliphatic carbocycles. The number of halogens is 3. The van der Waals surface area contributed by atoms with Gasteiger partial charge in [-0.15, -0.1) is 0 Å². The minimum atomic E-state index is -1.67. The van der Waals surface area contributed by atoms with Gasteiger partial charge in [-0.05, 0) is 38.1 Å². The molecule has 0 spiro atoms. The molecule has 0 saturated carbocycles. The van der Waals surface area contributed by atoms with Gasteiger partial charge in [0, 0.05) is 18.7 Å². The van der Waals surface area contributed by atoms with E-state index in [1.165, 1.54) is 0 Å². The standard InChI is InChI=1S/C16H21Cl3N2O3/c1-10-8-21(9-11(2)24-10)15(16(17,18)19)20-14(22)12-4-6-13(23-3)7-5-12/h4-7,10-11,15H,8-9H2,1-3H3,(H,20,22). The predicted molar refractivity (Wildman–Crippen MR) is 96.1 cm³/mol. The molecule has 3 unspecified atom stereocenters. The molecule has 3 atom stereocenters. The number of morpholine rings is 1. The number of carbonyl (C=O) groups excluding carboxylic acids is 1. The molecule has 0 bridgehead atoms. The Balaban J connectivity index is 2.14. The van der Waals surface area contributed by atoms with E-state index in [2.05, 4.69) is 5.32 Å². The number of benzene rings is 1. The first kappa shape index (κ1) is 19.6. The molecular formula is C16H21Cl3N2O3. The van der Waals surface area contributed by atoms with Crippen molar-refractivity contribution in [3.63, 3.8) is 0 Å². The molecule has 5 nitrogen and oxygen atoms in total. The molecule has 1 N–H and O–H groups in total. The number of hydrogen-bond acceptors (Lipinski definition) is 4. The van der Waals surface area contributed by atoms with Crippen LogP contribution in [-0.2, 0) is 4.74 Å². The maximum atomic E-state index is 12.5. The van der Waals surface area contributed by atoms with E-state index >= 15 is 0 Å². The summed E-state index contributed by atoms with van der Waals surface area (Å²) < 4.78 is 9.11. The van der Waals surface area contributed by atoms with Crippen molar-refractivity contribution in [2.45, 2.75) is 36.0 Å². The first-order valence-corrected chi connectivity index (χ1v) is 8.75. The lowest BCUT2D eigenvalue weighted by Crippen LogP contribution is -2.60. The van der Waals surface area contributed by atoms with Gasteiger partial charge in [-0.3, -0.25) is 9.69 Å². The van der Waals surface area contributed by atoms with Gasteiger partial charge < -0.3 is 14.8 Å². The minimum Gasteiger partial charge on any atom is -0.497 e. The summed E-state index contributed by atoms with van der Waals surface area (Å²) >= 11 is 18.4. The monoisotopic (exact) mass is 394 g/mol. The molecule has 1 aromatic rings. The molecule has 0 aromatic heterocycles. The third-order valence-electron chi connectivity index (χ3n) is 3.74. The van der Waals surface area contributed by atoms with Crippen LogP contribution in [0.25, 0.3) is 0 Å². The summed E-state index contributed by atoms with van der Waals surface area (Å²) in [6.07, 6.45) is -0.783. The molecule has 0 radical (unpaired) electrons. The molecule has 1 saturated heterocycles. The quantitative estimate of drug-likeness (QED) is 0.795. The molecule has 1 aliphatic rings. The second kappa shape index (κ2) is 8.11. The fourth-order valence-corrected chi connectivity index (χ4v) is 3.34. The van der Waals surface area contributed by atoms with Crippen LogP contribution in [0.3, 0.4) is 0 Å². The molecule has 1 heterocycles. The van der Waals surface area contributed by atoms with Crippen molar-refractivity contribution in [2.24, 2.45) is 0 Å². The number of alkyl halides is 3. The highest BCUT2D eigenvalue weighted by Gasteiger charge is 2.41. The first-order chi connectivity index (χ1) is 11.2. The molecule has 2 rings (SSSR count). The smallest absolute Gasteiger partial charge is 0.252 e. The van der Waals surface area contributed by atoms with Gasteiger partial charge in [-0.2, -0.15) is 0 Å². The van der Waals surface area contributed by atoms with Crippen molar-refractivity contribution < 1.29 is 14.3 Å². The average molecular weight is 396 g/mol. The molecule has 24 heavy (non-hydrogen) atoms. The summed E-state index contributed by atoms with van der Waals surface area (Å²) in [5, 5.41) is 2.82. The van der Waals surface area contributed by atoms with Crippen molar-refractivity contribution in [1.29, 1.82) is 0 Å². The van der Waals surface area contributed by atoms with Crippen molar-refractivity contribution in [3.05, 3.63) is 29.8 Å². The average Bonchev–Trinajstić information content (AvgIpc) is 2.50. The van der Waals surface area contributed by atoms with Gasteiger partial charge in [-0.25, -0.2) is 0 Å². The van der Waals surface area contributed by atoms with E-state index in [0.29, 0.717) is 24.4 Å². The largest absolute Gasteiger partial charge is 0.497 e. The summed E-state index contributed by atoms with van der Waals surface area (Å²) in [5.74, 6) is 0.348. The summed E-state index contributed by atoms with van der Waals surface area (Å²) in [4.78, 5) is 14.4. The Morgan fingerprint density at radius 3 is 2.25 bits per heavy atom. The van der Waals surface area contributed by atoms with Crippen LogP contribution >= 0.6 is 34.8 Å². The second-order valence-electron chi connectivity index (χ2n) is 5.86. The molecule has 1 fully saturated rings. The summed E-state index contributed by atoms with van der Waals surface area (Å²) in [6, 6.07) is 6.73. The van der Waals surface area contributed by atoms with Crippen molar-refractivity contribution in [2.75, 3.05) is 20.2 Å². The minimum absolute atomic E-state index is 0.0125. The number of nitrogens with zero attached hydrogens (tertiary/aromatic N) is 1. The summed E-state index contributed by atoms with van der Waals surface area (Å²) in [6.45, 7) is 5.02. The number of carbonyl (C=O) groups is 1. The second-order valence-corrected chi connectivity index (χ2v) is 8.23. The highest BCUT2D eigenvalue weighted by atomic mass is 35.6. The Morgan fingerprint density at radius 2 is 1.79 bits per heavy atom. The van der Waals surface area contributed by atoms with Crippen molar-refractivity contribution in [3.8, 4) is 5.75 Å². The van der Waals surface area contributed by atoms with E-state index < -0.39 is 9.96 Å². The predicted octanol–water partition coefficient (Wildman–Crippen LogP) is 3.23. The highest BCUT2D eigenvalue weighted by molar-refractivity contribution is 6.68. The van der Waals surface area contributed by atoms with E-state index in [0.717, 1.165) is 0 Å². The first-order valence-electron chi connectivity index (χ1n) is 7.62. The van der Waals surface area contributed by atoms with E-state index in [1.54, 1.807) is 31.4 Å². The van der Waals surface area contributed by atoms with Crippen LogP contribution in [-0.4, -0.2) is 53.2 Å². The van der Waals surface area contributed by atoms with Crippen molar-refractivity contribution >= 4 is 40.7 Å². The Labute approximate surface area is 157 Å². The van der Waals surface area contributed by atoms with Crippen molar-refractivity contribution in [1.82, 2.24) is 10.2 Å². The topological polar surface area (TPSA) is 50.8 Å². The Hall–Kier alpha value is -0.720. The van der Waals surface area contributed by atoms with Crippen LogP contribution in [0.15, 0.2) is 24.3 Å². The van der Waals surface area contributed by atoms with Gasteiger partial charge in [-0.1, -0.05) is 34.8 Å². The lowest BCUT2D eigenvalue weighted by molar-refractivity contribution is -0.0826. The Bertz CT molecular complexity index is 553. The van der Waals surface area contributed by atoms with Crippen LogP contribution in [0.5, 0.6) is 5.75 Å². The lowest BCUT2D eigenvalue weighted by Gasteiger charge is -2.42. The molecular weight excluding hydrogens is 375 g/mol. The molecule has 1 amide bonds. The van der Waals surface area contributed by atoms with Crippen LogP contribution in [0, 0.1) is 0 Å². The maximum absolute atomic E-state index is 12.5. The SMILES string of the molecule is COc1ccc(C(=O)NC(N2CC(C)OC(C)C2)C(Cl)(Cl)Cl)cc1. The zero-order valence-corrected chi connectivity index (χ0v) is 16.0. The van der Waals surface area contributed by atoms with Gasteiger partial charge in [0.25, 0.3) is 5.91 Å². The van der Waals surface area contributed by atoms with Gasteiger partial charge in [0.1, 0.15) is 11.9 Å². The van der Waals surface area contributed by atoms with E-state index in [1.807, 2.05) is 18.7 Å². The van der Waals surface area contributed by atoms with Gasteiger partial charge in [0.2, 0.25) is 3.79 Å². The Kier molecular flexibility index (Phi) is 6.62. The maximum Gasteiger partial charge on any atom is 0.252 e. The van der Waals surface area contributed by atoms with Gasteiger partial charge in [0.15, 0.2) is 0 Å². The molecule has 1 aromatic carbocycles. The normalized spacial score (nSPS) is 23.6. The fraction of sp³-hybridized carbons (Fsp3) is 0.562. The third-order valence-corrected chi connectivity index (χ3v) is 4.36. The summed E-state index contributed by atoms with van der Waals surface area (Å²) in [5.41, 5.74) is 0.462. The molecule has 8 heteroatoms. The zero-order chi connectivity index (χ0) is 17.9. The highest BCUT2D eigenvalue weighted by Crippen LogP contribution is 2.33. The van der Waals surface area contributed by atoms with E-state index in [4.69, 9.17) is 44.3 Å². The number of nitrogens with one attached hydrogen (secondary N) is 1. The number of ether oxygens (including phenoxy) is 2. The van der Waals surface area contributed by atoms with E-state index in [9.17, 15) is 4.79 Å².